The summed E-state index contributed by atoms with van der Waals surface area (Å²) in [5, 5.41) is 9.35. The summed E-state index contributed by atoms with van der Waals surface area (Å²) >= 11 is -0.616. The van der Waals surface area contributed by atoms with Gasteiger partial charge in [0.05, 0.1) is 0 Å². The van der Waals surface area contributed by atoms with Crippen LogP contribution in [0.15, 0.2) is 0 Å². The van der Waals surface area contributed by atoms with Crippen LogP contribution in [0.25, 0.3) is 0 Å². The molecule has 0 aliphatic carbocycles. The van der Waals surface area contributed by atoms with Crippen LogP contribution >= 0.6 is 21.6 Å². The Morgan fingerprint density at radius 2 is 2.44 bits per heavy atom. The Morgan fingerprint density at radius 3 is 3.00 bits per heavy atom. The molecule has 0 spiro atoms. The second-order valence-corrected chi connectivity index (χ2v) is 6.74. The zero-order valence-corrected chi connectivity index (χ0v) is 12.2. The van der Waals surface area contributed by atoms with Crippen LogP contribution in [0.5, 0.6) is 0 Å². The van der Waals surface area contributed by atoms with E-state index in [4.69, 9.17) is 7.80 Å². The summed E-state index contributed by atoms with van der Waals surface area (Å²) in [6.45, 7) is 4.32. The number of unbranched alkanes of at least 4 members (excludes halogenated alkanes) is 1. The molecule has 1 fully saturated rings. The Balaban J connectivity index is 2.18. The van der Waals surface area contributed by atoms with Crippen molar-refractivity contribution < 1.29 is 17.7 Å². The van der Waals surface area contributed by atoms with Crippen molar-refractivity contribution in [3.05, 3.63) is 0 Å². The molecule has 1 rings (SSSR count). The van der Waals surface area contributed by atoms with E-state index in [1.165, 1.54) is 0 Å². The van der Waals surface area contributed by atoms with Crippen LogP contribution in [0.3, 0.4) is 0 Å². The molecule has 4 nitrogen and oxygen atoms in total. The number of carbonyl (C=O) groups excluding carboxylic acids is 1. The average molecular weight is 344 g/mol. The van der Waals surface area contributed by atoms with Gasteiger partial charge in [0.2, 0.25) is 0 Å². The molecular weight excluding hydrogens is 323 g/mol. The van der Waals surface area contributed by atoms with E-state index in [1.807, 2.05) is 6.92 Å². The molecule has 1 aliphatic rings. The Bertz CT molecular complexity index is 234. The molecule has 1 aliphatic heterocycles. The fraction of sp³-hybridized carbons (Fsp3) is 0.909. The minimum absolute atomic E-state index is 0.171. The van der Waals surface area contributed by atoms with Crippen LogP contribution < -0.4 is 0 Å². The fourth-order valence-electron chi connectivity index (χ4n) is 1.68. The third kappa shape index (κ3) is 4.97. The van der Waals surface area contributed by atoms with E-state index in [9.17, 15) is 9.90 Å². The second kappa shape index (κ2) is 6.76. The van der Waals surface area contributed by atoms with Crippen molar-refractivity contribution in [1.82, 2.24) is 0 Å². The van der Waals surface area contributed by atoms with Crippen molar-refractivity contribution >= 4 is 27.6 Å². The first kappa shape index (κ1) is 14.2. The minimum atomic E-state index is -0.616. The Hall–Kier alpha value is 0.120. The Morgan fingerprint density at radius 1 is 1.69 bits per heavy atom. The van der Waals surface area contributed by atoms with Gasteiger partial charge in [-0.3, -0.25) is 0 Å². The summed E-state index contributed by atoms with van der Waals surface area (Å²) in [6, 6.07) is 0. The number of hydrogen-bond acceptors (Lipinski definition) is 4. The number of aliphatic hydroxyl groups excluding tert-OH is 1. The molecule has 16 heavy (non-hydrogen) atoms. The van der Waals surface area contributed by atoms with Gasteiger partial charge >= 0.3 is 108 Å². The maximum absolute atomic E-state index is 11.5. The molecular formula is C11H21IO4. The molecule has 0 radical (unpaired) electrons. The monoisotopic (exact) mass is 344 g/mol. The normalized spacial score (nSPS) is 29.6. The molecule has 0 bridgehead atoms. The number of alkyl halides is 1. The van der Waals surface area contributed by atoms with Gasteiger partial charge < -0.3 is 0 Å². The number of ether oxygens (including phenoxy) is 1. The zero-order valence-electron chi connectivity index (χ0n) is 9.90. The molecule has 0 saturated carbocycles. The first-order chi connectivity index (χ1) is 7.56. The number of hydrogen-bond donors (Lipinski definition) is 1. The van der Waals surface area contributed by atoms with Crippen molar-refractivity contribution in [2.24, 2.45) is 0 Å². The van der Waals surface area contributed by atoms with Crippen LogP contribution in [-0.2, 0) is 12.6 Å². The quantitative estimate of drug-likeness (QED) is 0.454. The van der Waals surface area contributed by atoms with Gasteiger partial charge in [0.15, 0.2) is 0 Å². The van der Waals surface area contributed by atoms with Gasteiger partial charge in [0.25, 0.3) is 0 Å². The van der Waals surface area contributed by atoms with Crippen LogP contribution in [-0.4, -0.2) is 33.8 Å². The van der Waals surface area contributed by atoms with Gasteiger partial charge in [0.1, 0.15) is 0 Å². The summed E-state index contributed by atoms with van der Waals surface area (Å²) in [6.07, 6.45) is 2.64. The average Bonchev–Trinajstić information content (AvgIpc) is 2.53. The summed E-state index contributed by atoms with van der Waals surface area (Å²) in [5.41, 5.74) is -0.520. The maximum atomic E-state index is 11.5. The van der Waals surface area contributed by atoms with Crippen molar-refractivity contribution in [3.8, 4) is 0 Å². The Labute approximate surface area is 108 Å². The Kier molecular flexibility index (Phi) is 5.99. The van der Waals surface area contributed by atoms with E-state index in [1.54, 1.807) is 0 Å². The van der Waals surface area contributed by atoms with Gasteiger partial charge in [0, 0.05) is 0 Å². The predicted molar refractivity (Wildman–Crippen MR) is 70.9 cm³/mol. The van der Waals surface area contributed by atoms with E-state index in [0.29, 0.717) is 13.0 Å². The predicted octanol–water partition coefficient (Wildman–Crippen LogP) is 1.88. The van der Waals surface area contributed by atoms with Crippen molar-refractivity contribution in [2.75, 3.05) is 11.0 Å². The van der Waals surface area contributed by atoms with E-state index in [0.717, 1.165) is 17.3 Å². The first-order valence-corrected chi connectivity index (χ1v) is 8.30. The van der Waals surface area contributed by atoms with E-state index >= 15 is 0 Å². The molecule has 2 unspecified atom stereocenters. The standard InChI is InChI=1S/C11H21IO4/c1-3-4-5-12-16-10(14)7-11(2)6-9(13)8-15-11/h9,12-13H,3-8H2,1-2H3. The third-order valence-electron chi connectivity index (χ3n) is 2.54. The number of rotatable bonds is 6. The number of carbonyl (C=O) groups is 1. The summed E-state index contributed by atoms with van der Waals surface area (Å²) in [4.78, 5) is 11.5. The topological polar surface area (TPSA) is 55.8 Å². The van der Waals surface area contributed by atoms with Crippen LogP contribution in [0.2, 0.25) is 0 Å². The molecule has 0 aromatic heterocycles. The number of halogens is 1. The molecule has 2 atom stereocenters. The fourth-order valence-corrected chi connectivity index (χ4v) is 3.62. The van der Waals surface area contributed by atoms with Crippen LogP contribution in [0.1, 0.15) is 39.5 Å². The van der Waals surface area contributed by atoms with Crippen molar-refractivity contribution in [1.29, 1.82) is 0 Å². The van der Waals surface area contributed by atoms with Gasteiger partial charge in [-0.2, -0.15) is 0 Å². The van der Waals surface area contributed by atoms with Gasteiger partial charge in [-0.05, 0) is 0 Å². The third-order valence-corrected chi connectivity index (χ3v) is 4.71. The van der Waals surface area contributed by atoms with Gasteiger partial charge in [-0.15, -0.1) is 0 Å². The van der Waals surface area contributed by atoms with Crippen LogP contribution in [0.4, 0.5) is 0 Å². The van der Waals surface area contributed by atoms with Crippen molar-refractivity contribution in [2.45, 2.75) is 51.2 Å². The van der Waals surface area contributed by atoms with Gasteiger partial charge in [-0.25, -0.2) is 0 Å². The summed E-state index contributed by atoms with van der Waals surface area (Å²) in [7, 11) is 0. The van der Waals surface area contributed by atoms with Crippen LogP contribution in [0, 0.1) is 0 Å². The molecule has 0 amide bonds. The van der Waals surface area contributed by atoms with E-state index in [-0.39, 0.29) is 12.4 Å². The van der Waals surface area contributed by atoms with E-state index in [2.05, 4.69) is 6.92 Å². The first-order valence-electron chi connectivity index (χ1n) is 5.70. The molecule has 1 N–H and O–H groups in total. The molecule has 1 saturated heterocycles. The zero-order chi connectivity index (χ0) is 12.0. The SMILES string of the molecule is CCCC[IH]OC(=O)CC1(C)CC(O)CO1. The molecule has 0 aromatic carbocycles. The molecule has 5 heteroatoms. The molecule has 1 heterocycles. The summed E-state index contributed by atoms with van der Waals surface area (Å²) < 4.78 is 11.7. The molecule has 96 valence electrons. The summed E-state index contributed by atoms with van der Waals surface area (Å²) in [5.74, 6) is -0.171. The van der Waals surface area contributed by atoms with Crippen molar-refractivity contribution in [3.63, 3.8) is 0 Å². The van der Waals surface area contributed by atoms with Gasteiger partial charge in [-0.1, -0.05) is 0 Å². The molecule has 0 aromatic rings. The number of aliphatic hydroxyl groups is 1. The van der Waals surface area contributed by atoms with E-state index < -0.39 is 33.3 Å². The second-order valence-electron chi connectivity index (χ2n) is 4.43.